The van der Waals surface area contributed by atoms with Crippen molar-refractivity contribution in [2.45, 2.75) is 26.2 Å². The summed E-state index contributed by atoms with van der Waals surface area (Å²) >= 11 is 6.81. The Morgan fingerprint density at radius 3 is 2.63 bits per heavy atom. The lowest BCUT2D eigenvalue weighted by molar-refractivity contribution is -0.122. The number of thioether (sulfide) groups is 1. The van der Waals surface area contributed by atoms with Gasteiger partial charge in [0.1, 0.15) is 22.5 Å². The van der Waals surface area contributed by atoms with Crippen molar-refractivity contribution in [3.05, 3.63) is 75.8 Å². The first-order valence-corrected chi connectivity index (χ1v) is 14.7. The number of anilines is 1. The molecule has 0 spiro atoms. The largest absolute Gasteiger partial charge is 0.492 e. The van der Waals surface area contributed by atoms with Gasteiger partial charge in [-0.15, -0.1) is 0 Å². The minimum atomic E-state index is -0.973. The van der Waals surface area contributed by atoms with Crippen molar-refractivity contribution >= 4 is 52.1 Å². The summed E-state index contributed by atoms with van der Waals surface area (Å²) in [5.74, 6) is 0.427. The summed E-state index contributed by atoms with van der Waals surface area (Å²) in [5.41, 5.74) is 9.48. The molecule has 0 radical (unpaired) electrons. The number of likely N-dealkylation sites (tertiary alicyclic amines) is 1. The molecule has 1 amide bonds. The third kappa shape index (κ3) is 6.92. The maximum atomic E-state index is 13.4. The highest BCUT2D eigenvalue weighted by Gasteiger charge is 2.32. The fourth-order valence-corrected chi connectivity index (χ4v) is 6.01. The van der Waals surface area contributed by atoms with Crippen LogP contribution in [0.25, 0.3) is 17.5 Å². The van der Waals surface area contributed by atoms with Crippen LogP contribution in [0.3, 0.4) is 0 Å². The number of carbonyl (C=O) groups is 2. The number of rotatable bonds is 10. The van der Waals surface area contributed by atoms with Gasteiger partial charge in [0.05, 0.1) is 10.5 Å². The van der Waals surface area contributed by atoms with E-state index in [2.05, 4.69) is 14.9 Å². The van der Waals surface area contributed by atoms with E-state index in [1.54, 1.807) is 35.4 Å². The van der Waals surface area contributed by atoms with E-state index >= 15 is 0 Å². The number of amides is 1. The third-order valence-electron chi connectivity index (χ3n) is 7.13. The zero-order chi connectivity index (χ0) is 28.9. The fourth-order valence-electron chi connectivity index (χ4n) is 4.71. The topological polar surface area (TPSA) is 122 Å². The predicted octanol–water partition coefficient (Wildman–Crippen LogP) is 4.65. The van der Waals surface area contributed by atoms with Crippen LogP contribution < -0.4 is 10.5 Å². The Bertz CT molecular complexity index is 1500. The zero-order valence-electron chi connectivity index (χ0n) is 22.7. The molecule has 2 aromatic carbocycles. The second-order valence-electron chi connectivity index (χ2n) is 10.00. The molecule has 3 aromatic rings. The Morgan fingerprint density at radius 2 is 1.93 bits per heavy atom. The summed E-state index contributed by atoms with van der Waals surface area (Å²) in [4.78, 5) is 37.9. The summed E-state index contributed by atoms with van der Waals surface area (Å²) in [6.07, 6.45) is 6.49. The fraction of sp³-hybridized carbons (Fsp3) is 0.300. The van der Waals surface area contributed by atoms with Crippen molar-refractivity contribution in [2.75, 3.05) is 38.5 Å². The molecule has 2 aliphatic rings. The number of nitrogen functional groups attached to an aromatic ring is 1. The molecule has 0 unspecified atom stereocenters. The van der Waals surface area contributed by atoms with Crippen LogP contribution in [-0.2, 0) is 11.2 Å². The first-order valence-electron chi connectivity index (χ1n) is 13.4. The number of aromatic nitrogens is 2. The van der Waals surface area contributed by atoms with Gasteiger partial charge in [-0.25, -0.2) is 14.8 Å². The molecule has 5 rings (SSSR count). The third-order valence-corrected chi connectivity index (χ3v) is 8.51. The first-order chi connectivity index (χ1) is 19.8. The van der Waals surface area contributed by atoms with E-state index in [1.165, 1.54) is 24.6 Å². The normalized spacial score (nSPS) is 16.6. The molecular formula is C30H31N5O4S2. The molecule has 212 valence electrons. The summed E-state index contributed by atoms with van der Waals surface area (Å²) < 4.78 is 6.68. The lowest BCUT2D eigenvalue weighted by Gasteiger charge is -2.16. The number of nitrogens with two attached hydrogens (primary N) is 1. The SMILES string of the molecule is Cc1cnc(-c2ccc(OCCN3CCCC3)c(/C=C3\SC(=S)N(CCc4ccc(C(=O)O)cc4)C3=O)c2)nc1N. The summed E-state index contributed by atoms with van der Waals surface area (Å²) in [6.45, 7) is 5.81. The van der Waals surface area contributed by atoms with Gasteiger partial charge in [-0.3, -0.25) is 14.6 Å². The molecule has 2 saturated heterocycles. The Hall–Kier alpha value is -3.80. The number of hydrogen-bond acceptors (Lipinski definition) is 9. The molecular weight excluding hydrogens is 558 g/mol. The number of nitrogens with zero attached hydrogens (tertiary/aromatic N) is 4. The average Bonchev–Trinajstić information content (AvgIpc) is 3.57. The van der Waals surface area contributed by atoms with Crippen LogP contribution in [0.1, 0.15) is 39.9 Å². The van der Waals surface area contributed by atoms with Gasteiger partial charge in [0.25, 0.3) is 5.91 Å². The van der Waals surface area contributed by atoms with Crippen molar-refractivity contribution in [3.8, 4) is 17.1 Å². The number of thiocarbonyl (C=S) groups is 1. The summed E-state index contributed by atoms with van der Waals surface area (Å²) in [7, 11) is 0. The van der Waals surface area contributed by atoms with Gasteiger partial charge in [-0.1, -0.05) is 36.1 Å². The lowest BCUT2D eigenvalue weighted by Crippen LogP contribution is -2.30. The van der Waals surface area contributed by atoms with E-state index < -0.39 is 5.97 Å². The van der Waals surface area contributed by atoms with Crippen LogP contribution in [0.4, 0.5) is 5.82 Å². The van der Waals surface area contributed by atoms with Crippen molar-refractivity contribution in [1.29, 1.82) is 0 Å². The molecule has 3 N–H and O–H groups in total. The van der Waals surface area contributed by atoms with Crippen molar-refractivity contribution < 1.29 is 19.4 Å². The first kappa shape index (κ1) is 28.7. The molecule has 0 saturated carbocycles. The molecule has 3 heterocycles. The minimum Gasteiger partial charge on any atom is -0.492 e. The maximum Gasteiger partial charge on any atom is 0.335 e. The van der Waals surface area contributed by atoms with Gasteiger partial charge < -0.3 is 15.6 Å². The lowest BCUT2D eigenvalue weighted by atomic mass is 10.1. The number of aromatic carboxylic acids is 1. The summed E-state index contributed by atoms with van der Waals surface area (Å²) in [5, 5.41) is 9.12. The number of carboxylic acids is 1. The molecule has 0 aliphatic carbocycles. The van der Waals surface area contributed by atoms with E-state index in [1.807, 2.05) is 31.2 Å². The quantitative estimate of drug-likeness (QED) is 0.255. The second kappa shape index (κ2) is 12.8. The molecule has 41 heavy (non-hydrogen) atoms. The number of aryl methyl sites for hydroxylation is 1. The van der Waals surface area contributed by atoms with Gasteiger partial charge in [0, 0.05) is 36.0 Å². The van der Waals surface area contributed by atoms with Crippen LogP contribution in [0.2, 0.25) is 0 Å². The number of carbonyl (C=O) groups excluding carboxylic acids is 1. The maximum absolute atomic E-state index is 13.4. The highest BCUT2D eigenvalue weighted by Crippen LogP contribution is 2.35. The molecule has 11 heteroatoms. The number of ether oxygens (including phenoxy) is 1. The van der Waals surface area contributed by atoms with E-state index in [4.69, 9.17) is 27.8 Å². The van der Waals surface area contributed by atoms with Crippen molar-refractivity contribution in [1.82, 2.24) is 19.8 Å². The second-order valence-corrected chi connectivity index (χ2v) is 11.7. The van der Waals surface area contributed by atoms with Crippen LogP contribution in [0.5, 0.6) is 5.75 Å². The average molecular weight is 590 g/mol. The monoisotopic (exact) mass is 589 g/mol. The van der Waals surface area contributed by atoms with Gasteiger partial charge in [0.15, 0.2) is 5.82 Å². The number of hydrogen-bond donors (Lipinski definition) is 2. The molecule has 2 fully saturated rings. The zero-order valence-corrected chi connectivity index (χ0v) is 24.3. The van der Waals surface area contributed by atoms with Gasteiger partial charge in [0.2, 0.25) is 0 Å². The minimum absolute atomic E-state index is 0.175. The standard InChI is InChI=1S/C30H31N5O4S2/c1-19-18-32-27(33-26(19)31)22-8-9-24(39-15-14-34-11-2-3-12-34)23(16-22)17-25-28(36)35(30(40)41-25)13-10-20-4-6-21(7-5-20)29(37)38/h4-9,16-18H,2-3,10-15H2,1H3,(H,37,38)(H2,31,32,33)/b25-17-. The van der Waals surface area contributed by atoms with Gasteiger partial charge in [-0.2, -0.15) is 0 Å². The molecule has 0 bridgehead atoms. The molecule has 1 aromatic heterocycles. The van der Waals surface area contributed by atoms with Crippen LogP contribution in [0.15, 0.2) is 53.6 Å². The van der Waals surface area contributed by atoms with E-state index in [9.17, 15) is 9.59 Å². The van der Waals surface area contributed by atoms with E-state index in [-0.39, 0.29) is 11.5 Å². The van der Waals surface area contributed by atoms with Gasteiger partial charge in [-0.05, 0) is 81.2 Å². The molecule has 2 aliphatic heterocycles. The van der Waals surface area contributed by atoms with Crippen LogP contribution >= 0.6 is 24.0 Å². The Balaban J connectivity index is 1.36. The van der Waals surface area contributed by atoms with Crippen molar-refractivity contribution in [2.24, 2.45) is 0 Å². The highest BCUT2D eigenvalue weighted by atomic mass is 32.2. The van der Waals surface area contributed by atoms with E-state index in [0.29, 0.717) is 46.2 Å². The molecule has 0 atom stereocenters. The van der Waals surface area contributed by atoms with Crippen LogP contribution in [0, 0.1) is 6.92 Å². The summed E-state index contributed by atoms with van der Waals surface area (Å²) in [6, 6.07) is 12.3. The number of benzene rings is 2. The number of carboxylic acid groups (broad SMARTS) is 1. The Labute approximate surface area is 248 Å². The van der Waals surface area contributed by atoms with Crippen molar-refractivity contribution in [3.63, 3.8) is 0 Å². The van der Waals surface area contributed by atoms with E-state index in [0.717, 1.165) is 41.9 Å². The Kier molecular flexibility index (Phi) is 8.96. The Morgan fingerprint density at radius 1 is 1.17 bits per heavy atom. The van der Waals surface area contributed by atoms with Crippen LogP contribution in [-0.4, -0.2) is 73.9 Å². The van der Waals surface area contributed by atoms with Gasteiger partial charge >= 0.3 is 5.97 Å². The predicted molar refractivity (Wildman–Crippen MR) is 165 cm³/mol. The highest BCUT2D eigenvalue weighted by molar-refractivity contribution is 8.26. The smallest absolute Gasteiger partial charge is 0.335 e. The molecule has 9 nitrogen and oxygen atoms in total.